The average molecular weight is 793 g/mol. The third kappa shape index (κ3) is 7.32. The van der Waals surface area contributed by atoms with Gasteiger partial charge in [0.15, 0.2) is 0 Å². The highest BCUT2D eigenvalue weighted by atomic mass is 16.5. The first-order valence-corrected chi connectivity index (χ1v) is 19.4. The van der Waals surface area contributed by atoms with Crippen molar-refractivity contribution in [3.8, 4) is 33.6 Å². The lowest BCUT2D eigenvalue weighted by Gasteiger charge is -2.42. The molecule has 6 heterocycles. The summed E-state index contributed by atoms with van der Waals surface area (Å²) in [6, 6.07) is 13.2. The SMILES string of the molecule is COC(=O)N[C@H]1CCC(=O)N2CCC[C@@H](c3ncc(-c4ccc(-c5ccc(-c6cnc([C@@H]7CCCN8C(=O)CC[C@H](NC(=O)OC)C(=O)N78)[nH]6)cc5)cc4)[nH]3)N2C1=O. The molecule has 4 aromatic rings. The Labute approximate surface area is 333 Å². The minimum absolute atomic E-state index is 0.123. The number of benzene rings is 2. The van der Waals surface area contributed by atoms with Crippen LogP contribution in [0, 0.1) is 0 Å². The van der Waals surface area contributed by atoms with Crippen LogP contribution in [0.2, 0.25) is 0 Å². The van der Waals surface area contributed by atoms with E-state index in [2.05, 4.69) is 30.6 Å². The number of ether oxygens (including phenoxy) is 2. The molecule has 4 atom stereocenters. The maximum absolute atomic E-state index is 13.7. The fraction of sp³-hybridized carbons (Fsp3) is 0.400. The van der Waals surface area contributed by atoms with Crippen molar-refractivity contribution in [3.63, 3.8) is 0 Å². The van der Waals surface area contributed by atoms with E-state index in [0.29, 0.717) is 50.4 Å². The molecule has 4 saturated heterocycles. The summed E-state index contributed by atoms with van der Waals surface area (Å²) in [6.07, 6.45) is 5.16. The molecule has 0 radical (unpaired) electrons. The highest BCUT2D eigenvalue weighted by molar-refractivity contribution is 5.92. The summed E-state index contributed by atoms with van der Waals surface area (Å²) in [4.78, 5) is 93.4. The third-order valence-electron chi connectivity index (χ3n) is 11.2. The van der Waals surface area contributed by atoms with Gasteiger partial charge in [0.1, 0.15) is 35.8 Å². The molecule has 0 saturated carbocycles. The summed E-state index contributed by atoms with van der Waals surface area (Å²) in [5.41, 5.74) is 5.26. The predicted octanol–water partition coefficient (Wildman–Crippen LogP) is 3.98. The van der Waals surface area contributed by atoms with Gasteiger partial charge >= 0.3 is 12.2 Å². The Kier molecular flexibility index (Phi) is 10.5. The van der Waals surface area contributed by atoms with Crippen molar-refractivity contribution in [2.24, 2.45) is 0 Å². The van der Waals surface area contributed by atoms with Crippen molar-refractivity contribution in [2.75, 3.05) is 27.3 Å². The van der Waals surface area contributed by atoms with Crippen LogP contribution in [0.4, 0.5) is 9.59 Å². The van der Waals surface area contributed by atoms with Crippen molar-refractivity contribution in [1.82, 2.24) is 50.6 Å². The van der Waals surface area contributed by atoms with E-state index in [9.17, 15) is 28.8 Å². The van der Waals surface area contributed by atoms with Crippen LogP contribution in [-0.2, 0) is 28.7 Å². The number of imidazole rings is 2. The minimum Gasteiger partial charge on any atom is -0.453 e. The van der Waals surface area contributed by atoms with Crippen LogP contribution in [0.15, 0.2) is 60.9 Å². The Balaban J connectivity index is 0.957. The fourth-order valence-electron chi connectivity index (χ4n) is 8.23. The van der Waals surface area contributed by atoms with Crippen LogP contribution in [0.3, 0.4) is 0 Å². The molecule has 4 fully saturated rings. The smallest absolute Gasteiger partial charge is 0.407 e. The Hall–Kier alpha value is -6.72. The van der Waals surface area contributed by atoms with Crippen molar-refractivity contribution in [1.29, 1.82) is 0 Å². The molecule has 58 heavy (non-hydrogen) atoms. The largest absolute Gasteiger partial charge is 0.453 e. The van der Waals surface area contributed by atoms with Gasteiger partial charge in [0.2, 0.25) is 11.8 Å². The van der Waals surface area contributed by atoms with Crippen molar-refractivity contribution in [3.05, 3.63) is 72.6 Å². The molecule has 0 aliphatic carbocycles. The molecule has 4 aliphatic heterocycles. The number of aromatic amines is 2. The molecule has 4 aliphatic rings. The lowest BCUT2D eigenvalue weighted by molar-refractivity contribution is -0.174. The fourth-order valence-corrected chi connectivity index (χ4v) is 8.23. The van der Waals surface area contributed by atoms with E-state index in [0.717, 1.165) is 33.6 Å². The van der Waals surface area contributed by atoms with Crippen LogP contribution in [-0.4, -0.2) is 115 Å². The zero-order valence-electron chi connectivity index (χ0n) is 32.1. The Morgan fingerprint density at radius 2 is 0.983 bits per heavy atom. The van der Waals surface area contributed by atoms with E-state index in [1.807, 2.05) is 48.5 Å². The molecule has 2 aromatic carbocycles. The number of methoxy groups -OCH3 is 2. The Morgan fingerprint density at radius 1 is 0.603 bits per heavy atom. The van der Waals surface area contributed by atoms with Crippen molar-refractivity contribution in [2.45, 2.75) is 75.5 Å². The average Bonchev–Trinajstić information content (AvgIpc) is 3.92. The van der Waals surface area contributed by atoms with Gasteiger partial charge in [0.25, 0.3) is 11.8 Å². The third-order valence-corrected chi connectivity index (χ3v) is 11.2. The quantitative estimate of drug-likeness (QED) is 0.211. The van der Waals surface area contributed by atoms with E-state index >= 15 is 0 Å². The number of carbonyl (C=O) groups excluding carboxylic acids is 6. The maximum Gasteiger partial charge on any atom is 0.407 e. The predicted molar refractivity (Wildman–Crippen MR) is 205 cm³/mol. The highest BCUT2D eigenvalue weighted by Gasteiger charge is 2.45. The molecular weight excluding hydrogens is 749 g/mol. The summed E-state index contributed by atoms with van der Waals surface area (Å²) in [6.45, 7) is 0.821. The van der Waals surface area contributed by atoms with Gasteiger partial charge in [0, 0.05) is 25.9 Å². The molecular formula is C40H44N10O8. The van der Waals surface area contributed by atoms with E-state index in [1.54, 1.807) is 12.4 Å². The van der Waals surface area contributed by atoms with E-state index < -0.39 is 36.4 Å². The molecule has 302 valence electrons. The summed E-state index contributed by atoms with van der Waals surface area (Å²) in [7, 11) is 2.46. The Morgan fingerprint density at radius 3 is 1.36 bits per heavy atom. The first-order valence-electron chi connectivity index (χ1n) is 19.4. The number of rotatable bonds is 7. The van der Waals surface area contributed by atoms with Crippen LogP contribution in [0.5, 0.6) is 0 Å². The number of nitrogens with one attached hydrogen (secondary N) is 4. The van der Waals surface area contributed by atoms with Gasteiger partial charge < -0.3 is 30.1 Å². The van der Waals surface area contributed by atoms with Gasteiger partial charge in [-0.25, -0.2) is 29.6 Å². The molecule has 2 aromatic heterocycles. The highest BCUT2D eigenvalue weighted by Crippen LogP contribution is 2.36. The van der Waals surface area contributed by atoms with Crippen molar-refractivity contribution >= 4 is 35.8 Å². The lowest BCUT2D eigenvalue weighted by Crippen LogP contribution is -2.57. The number of hydrazine groups is 2. The van der Waals surface area contributed by atoms with Gasteiger partial charge in [-0.2, -0.15) is 0 Å². The second kappa shape index (κ2) is 16.0. The number of amides is 6. The van der Waals surface area contributed by atoms with Gasteiger partial charge in [-0.3, -0.25) is 29.2 Å². The maximum atomic E-state index is 13.7. The first-order chi connectivity index (χ1) is 28.1. The summed E-state index contributed by atoms with van der Waals surface area (Å²) < 4.78 is 9.42. The van der Waals surface area contributed by atoms with Crippen LogP contribution < -0.4 is 10.6 Å². The van der Waals surface area contributed by atoms with Crippen LogP contribution in [0.1, 0.15) is 75.1 Å². The van der Waals surface area contributed by atoms with Crippen LogP contribution in [0.25, 0.3) is 33.6 Å². The van der Waals surface area contributed by atoms with E-state index in [1.165, 1.54) is 34.3 Å². The molecule has 4 N–H and O–H groups in total. The van der Waals surface area contributed by atoms with Gasteiger partial charge in [-0.05, 0) is 60.8 Å². The van der Waals surface area contributed by atoms with E-state index in [4.69, 9.17) is 9.47 Å². The molecule has 8 rings (SSSR count). The summed E-state index contributed by atoms with van der Waals surface area (Å²) in [5.74, 6) is -0.0177. The number of H-pyrrole nitrogens is 2. The molecule has 0 bridgehead atoms. The summed E-state index contributed by atoms with van der Waals surface area (Å²) in [5, 5.41) is 11.0. The van der Waals surface area contributed by atoms with Gasteiger partial charge in [-0.15, -0.1) is 0 Å². The minimum atomic E-state index is -0.894. The topological polar surface area (TPSA) is 215 Å². The Bertz CT molecular complexity index is 2060. The zero-order valence-corrected chi connectivity index (χ0v) is 32.1. The molecule has 0 unspecified atom stereocenters. The van der Waals surface area contributed by atoms with Crippen LogP contribution >= 0.6 is 0 Å². The molecule has 0 spiro atoms. The lowest BCUT2D eigenvalue weighted by atomic mass is 10.0. The number of hydrogen-bond donors (Lipinski definition) is 4. The molecule has 18 heteroatoms. The number of alkyl carbamates (subject to hydrolysis) is 2. The normalized spacial score (nSPS) is 22.4. The monoisotopic (exact) mass is 792 g/mol. The number of aromatic nitrogens is 4. The van der Waals surface area contributed by atoms with Crippen molar-refractivity contribution < 1.29 is 38.2 Å². The zero-order chi connectivity index (χ0) is 40.5. The standard InChI is InChI=1S/C40H44N10O8/c1-57-39(55)45-27-15-17-33(51)47-19-3-5-31(49(47)37(27)53)35-41-21-29(43-35)25-11-7-23(8-12-25)24-9-13-26(14-10-24)30-22-42-36(44-30)32-6-4-20-48-34(52)18-16-28(38(54)50(32)48)46-40(56)58-2/h7-14,21-22,27-28,31-32H,3-6,15-20H2,1-2H3,(H,41,43)(H,42,44)(H,45,55)(H,46,56)/t27-,28-,31-,32-/m0/s1. The van der Waals surface area contributed by atoms with Gasteiger partial charge in [0.05, 0.1) is 38.0 Å². The van der Waals surface area contributed by atoms with E-state index in [-0.39, 0.29) is 49.3 Å². The number of fused-ring (bicyclic) bond motifs is 2. The second-order valence-corrected chi connectivity index (χ2v) is 14.7. The first kappa shape index (κ1) is 38.2. The van der Waals surface area contributed by atoms with Gasteiger partial charge in [-0.1, -0.05) is 48.5 Å². The number of carbonyl (C=O) groups is 6. The number of hydrogen-bond acceptors (Lipinski definition) is 10. The molecule has 18 nitrogen and oxygen atoms in total. The second-order valence-electron chi connectivity index (χ2n) is 14.7. The molecule has 6 amide bonds. The number of nitrogens with zero attached hydrogens (tertiary/aromatic N) is 6. The summed E-state index contributed by atoms with van der Waals surface area (Å²) >= 11 is 0.